The van der Waals surface area contributed by atoms with E-state index in [0.29, 0.717) is 0 Å². The molecule has 1 aliphatic carbocycles. The number of hydrogen-bond acceptors (Lipinski definition) is 2. The van der Waals surface area contributed by atoms with Gasteiger partial charge in [0.05, 0.1) is 0 Å². The fraction of sp³-hybridized carbons (Fsp3) is 0.0588. The molecule has 1 aliphatic rings. The molecule has 0 unspecified atom stereocenters. The van der Waals surface area contributed by atoms with Gasteiger partial charge in [-0.25, -0.2) is 0 Å². The minimum Gasteiger partial charge on any atom is -0.310 e. The van der Waals surface area contributed by atoms with Crippen LogP contribution < -0.4 is 4.90 Å². The van der Waals surface area contributed by atoms with Crippen LogP contribution in [0.3, 0.4) is 0 Å². The van der Waals surface area contributed by atoms with Gasteiger partial charge in [0.2, 0.25) is 0 Å². The largest absolute Gasteiger partial charge is 0.310 e. The Kier molecular flexibility index (Phi) is 7.42. The van der Waals surface area contributed by atoms with Crippen molar-refractivity contribution in [2.75, 3.05) is 4.90 Å². The number of hydrogen-bond donors (Lipinski definition) is 0. The molecule has 1 aromatic heterocycles. The molecule has 9 aromatic rings. The molecule has 2 heteroatoms. The molecule has 1 heterocycles. The smallest absolute Gasteiger partial charge is 0.0465 e. The first-order chi connectivity index (χ1) is 26.0. The van der Waals surface area contributed by atoms with Crippen molar-refractivity contribution in [3.8, 4) is 44.5 Å². The Hall–Kier alpha value is -6.22. The molecule has 8 aromatic carbocycles. The Morgan fingerprint density at radius 1 is 0.377 bits per heavy atom. The second-order valence-electron chi connectivity index (χ2n) is 14.6. The van der Waals surface area contributed by atoms with Gasteiger partial charge >= 0.3 is 0 Å². The summed E-state index contributed by atoms with van der Waals surface area (Å²) in [5, 5.41) is 2.66. The zero-order valence-electron chi connectivity index (χ0n) is 29.8. The van der Waals surface area contributed by atoms with Crippen LogP contribution in [0.15, 0.2) is 188 Å². The lowest BCUT2D eigenvalue weighted by atomic mass is 9.81. The lowest BCUT2D eigenvalue weighted by Crippen LogP contribution is -2.16. The van der Waals surface area contributed by atoms with Gasteiger partial charge in [0.15, 0.2) is 0 Å². The minimum atomic E-state index is -0.136. The third-order valence-electron chi connectivity index (χ3n) is 11.1. The number of anilines is 3. The molecule has 0 saturated heterocycles. The summed E-state index contributed by atoms with van der Waals surface area (Å²) in [6, 6.07) is 68.9. The van der Waals surface area contributed by atoms with Gasteiger partial charge in [-0.3, -0.25) is 0 Å². The monoisotopic (exact) mass is 695 g/mol. The van der Waals surface area contributed by atoms with Crippen molar-refractivity contribution in [2.45, 2.75) is 19.3 Å². The summed E-state index contributed by atoms with van der Waals surface area (Å²) in [7, 11) is 0. The third-order valence-corrected chi connectivity index (χ3v) is 12.3. The number of rotatable bonds is 6. The first kappa shape index (κ1) is 31.5. The van der Waals surface area contributed by atoms with Crippen molar-refractivity contribution >= 4 is 48.6 Å². The summed E-state index contributed by atoms with van der Waals surface area (Å²) in [6.45, 7) is 4.74. The van der Waals surface area contributed by atoms with Gasteiger partial charge in [-0.15, -0.1) is 11.3 Å². The molecule has 1 nitrogen and oxygen atoms in total. The molecule has 10 rings (SSSR count). The predicted molar refractivity (Wildman–Crippen MR) is 228 cm³/mol. The van der Waals surface area contributed by atoms with E-state index >= 15 is 0 Å². The molecule has 252 valence electrons. The molecule has 0 amide bonds. The maximum Gasteiger partial charge on any atom is 0.0465 e. The number of para-hydroxylation sites is 1. The first-order valence-electron chi connectivity index (χ1n) is 18.3. The third kappa shape index (κ3) is 5.29. The zero-order valence-corrected chi connectivity index (χ0v) is 30.6. The lowest BCUT2D eigenvalue weighted by Gasteiger charge is -2.28. The molecule has 0 radical (unpaired) electrons. The minimum absolute atomic E-state index is 0.136. The second kappa shape index (κ2) is 12.5. The highest BCUT2D eigenvalue weighted by Gasteiger charge is 2.36. The van der Waals surface area contributed by atoms with Gasteiger partial charge in [0.25, 0.3) is 0 Å². The van der Waals surface area contributed by atoms with Gasteiger partial charge in [0.1, 0.15) is 0 Å². The van der Waals surface area contributed by atoms with Gasteiger partial charge in [-0.05, 0) is 110 Å². The predicted octanol–water partition coefficient (Wildman–Crippen LogP) is 14.8. The summed E-state index contributed by atoms with van der Waals surface area (Å²) in [5.41, 5.74) is 16.1. The summed E-state index contributed by atoms with van der Waals surface area (Å²) in [4.78, 5) is 2.39. The van der Waals surface area contributed by atoms with E-state index in [2.05, 4.69) is 207 Å². The molecule has 0 N–H and O–H groups in total. The quantitative estimate of drug-likeness (QED) is 0.167. The van der Waals surface area contributed by atoms with Crippen molar-refractivity contribution in [3.05, 3.63) is 199 Å². The van der Waals surface area contributed by atoms with Crippen LogP contribution in [0.5, 0.6) is 0 Å². The molecule has 0 bridgehead atoms. The molecule has 0 aliphatic heterocycles. The molecule has 0 spiro atoms. The second-order valence-corrected chi connectivity index (χ2v) is 15.6. The van der Waals surface area contributed by atoms with Gasteiger partial charge in [-0.2, -0.15) is 0 Å². The summed E-state index contributed by atoms with van der Waals surface area (Å²) in [5.74, 6) is 0. The molecule has 0 fully saturated rings. The number of benzene rings is 8. The Bertz CT molecular complexity index is 2790. The van der Waals surface area contributed by atoms with Crippen LogP contribution in [0.2, 0.25) is 0 Å². The van der Waals surface area contributed by atoms with Crippen LogP contribution in [0.4, 0.5) is 17.1 Å². The van der Waals surface area contributed by atoms with E-state index in [9.17, 15) is 0 Å². The first-order valence-corrected chi connectivity index (χ1v) is 19.2. The Labute approximate surface area is 315 Å². The molecular weight excluding hydrogens is 659 g/mol. The molecular formula is C51H37NS. The lowest BCUT2D eigenvalue weighted by molar-refractivity contribution is 0.660. The summed E-state index contributed by atoms with van der Waals surface area (Å²) >= 11 is 1.88. The molecule has 0 atom stereocenters. The topological polar surface area (TPSA) is 3.24 Å². The van der Waals surface area contributed by atoms with Crippen LogP contribution >= 0.6 is 11.3 Å². The normalized spacial score (nSPS) is 12.9. The molecule has 53 heavy (non-hydrogen) atoms. The van der Waals surface area contributed by atoms with E-state index in [0.717, 1.165) is 17.1 Å². The molecule has 0 saturated carbocycles. The van der Waals surface area contributed by atoms with Crippen molar-refractivity contribution in [1.82, 2.24) is 0 Å². The van der Waals surface area contributed by atoms with Crippen LogP contribution in [0.25, 0.3) is 64.7 Å². The fourth-order valence-corrected chi connectivity index (χ4v) is 9.58. The Balaban J connectivity index is 1.01. The zero-order chi connectivity index (χ0) is 35.5. The van der Waals surface area contributed by atoms with Crippen molar-refractivity contribution in [2.24, 2.45) is 0 Å². The van der Waals surface area contributed by atoms with Crippen LogP contribution in [-0.4, -0.2) is 0 Å². The van der Waals surface area contributed by atoms with Crippen LogP contribution in [0.1, 0.15) is 25.0 Å². The standard InChI is InChI=1S/C51H37NS/c1-51(2)47-32-37(34-13-5-3-6-14-34)25-29-43(47)44-30-28-41(33-48(44)51)52(39-17-7-4-8-18-39)40-26-23-35(24-27-40)36-15-11-16-38(31-36)42-20-12-21-46-45-19-9-10-22-49(45)53-50(42)46/h3-33H,1-2H3. The van der Waals surface area contributed by atoms with Crippen LogP contribution in [-0.2, 0) is 5.41 Å². The SMILES string of the molecule is CC1(C)c2cc(-c3ccccc3)ccc2-c2ccc(N(c3ccccc3)c3ccc(-c4cccc(-c5cccc6c5sc5ccccc56)c4)cc3)cc21. The fourth-order valence-electron chi connectivity index (χ4n) is 8.34. The number of fused-ring (bicyclic) bond motifs is 6. The van der Waals surface area contributed by atoms with Gasteiger partial charge in [-0.1, -0.05) is 147 Å². The highest BCUT2D eigenvalue weighted by Crippen LogP contribution is 2.51. The van der Waals surface area contributed by atoms with E-state index in [1.165, 1.54) is 75.8 Å². The Morgan fingerprint density at radius 3 is 1.74 bits per heavy atom. The maximum absolute atomic E-state index is 2.41. The van der Waals surface area contributed by atoms with Crippen molar-refractivity contribution in [1.29, 1.82) is 0 Å². The number of nitrogens with zero attached hydrogens (tertiary/aromatic N) is 1. The maximum atomic E-state index is 2.41. The Morgan fingerprint density at radius 2 is 0.925 bits per heavy atom. The van der Waals surface area contributed by atoms with Crippen molar-refractivity contribution < 1.29 is 0 Å². The van der Waals surface area contributed by atoms with Crippen LogP contribution in [0, 0.1) is 0 Å². The van der Waals surface area contributed by atoms with Gasteiger partial charge < -0.3 is 4.90 Å². The number of thiophene rings is 1. The van der Waals surface area contributed by atoms with Gasteiger partial charge in [0, 0.05) is 42.6 Å². The van der Waals surface area contributed by atoms with E-state index in [1.54, 1.807) is 0 Å². The van der Waals surface area contributed by atoms with E-state index in [4.69, 9.17) is 0 Å². The van der Waals surface area contributed by atoms with Crippen molar-refractivity contribution in [3.63, 3.8) is 0 Å². The van der Waals surface area contributed by atoms with E-state index < -0.39 is 0 Å². The highest BCUT2D eigenvalue weighted by atomic mass is 32.1. The summed E-state index contributed by atoms with van der Waals surface area (Å²) in [6.07, 6.45) is 0. The average Bonchev–Trinajstić information content (AvgIpc) is 3.71. The average molecular weight is 696 g/mol. The highest BCUT2D eigenvalue weighted by molar-refractivity contribution is 7.26. The van der Waals surface area contributed by atoms with E-state index in [1.807, 2.05) is 11.3 Å². The summed E-state index contributed by atoms with van der Waals surface area (Å²) < 4.78 is 2.68. The van der Waals surface area contributed by atoms with E-state index in [-0.39, 0.29) is 5.41 Å².